The zero-order chi connectivity index (χ0) is 19.4. The SMILES string of the molecule is CC(C)(C)c1cc(COC(=O)CCCC(=O)Cl)cc(C(C)(C)C)c1O. The predicted molar refractivity (Wildman–Crippen MR) is 100 cm³/mol. The predicted octanol–water partition coefficient (Wildman–Crippen LogP) is 4.97. The monoisotopic (exact) mass is 368 g/mol. The fraction of sp³-hybridized carbons (Fsp3) is 0.600. The number of phenolic OH excluding ortho intramolecular Hbond substituents is 1. The van der Waals surface area contributed by atoms with E-state index in [2.05, 4.69) is 0 Å². The first kappa shape index (κ1) is 21.5. The van der Waals surface area contributed by atoms with Gasteiger partial charge in [0.05, 0.1) is 0 Å². The van der Waals surface area contributed by atoms with Gasteiger partial charge in [-0.05, 0) is 57.7 Å². The minimum absolute atomic E-state index is 0.139. The van der Waals surface area contributed by atoms with Gasteiger partial charge in [0.1, 0.15) is 12.4 Å². The van der Waals surface area contributed by atoms with Crippen LogP contribution in [0.2, 0.25) is 0 Å². The maximum atomic E-state index is 11.8. The smallest absolute Gasteiger partial charge is 0.306 e. The standard InChI is InChI=1S/C20H29ClO4/c1-19(2,3)14-10-13(11-15(18(14)24)20(4,5)6)12-25-17(23)9-7-8-16(21)22/h10-11,24H,7-9,12H2,1-6H3. The maximum absolute atomic E-state index is 11.8. The summed E-state index contributed by atoms with van der Waals surface area (Å²) in [6.45, 7) is 12.3. The normalized spacial score (nSPS) is 12.1. The van der Waals surface area contributed by atoms with Crippen LogP contribution in [0.5, 0.6) is 5.75 Å². The Bertz CT molecular complexity index is 601. The zero-order valence-electron chi connectivity index (χ0n) is 16.0. The van der Waals surface area contributed by atoms with Gasteiger partial charge < -0.3 is 9.84 Å². The third-order valence-electron chi connectivity index (χ3n) is 3.94. The average Bonchev–Trinajstić information content (AvgIpc) is 2.43. The van der Waals surface area contributed by atoms with Gasteiger partial charge in [-0.2, -0.15) is 0 Å². The molecule has 0 aliphatic heterocycles. The van der Waals surface area contributed by atoms with Crippen molar-refractivity contribution in [1.82, 2.24) is 0 Å². The molecule has 1 aromatic carbocycles. The highest BCUT2D eigenvalue weighted by atomic mass is 35.5. The van der Waals surface area contributed by atoms with Crippen molar-refractivity contribution >= 4 is 22.8 Å². The van der Waals surface area contributed by atoms with E-state index in [0.717, 1.165) is 16.7 Å². The minimum atomic E-state index is -0.448. The number of carbonyl (C=O) groups is 2. The van der Waals surface area contributed by atoms with Crippen molar-refractivity contribution in [2.24, 2.45) is 0 Å². The molecule has 0 aliphatic rings. The molecule has 0 saturated heterocycles. The van der Waals surface area contributed by atoms with Crippen LogP contribution >= 0.6 is 11.6 Å². The lowest BCUT2D eigenvalue weighted by Crippen LogP contribution is -2.18. The van der Waals surface area contributed by atoms with Gasteiger partial charge in [-0.15, -0.1) is 0 Å². The molecule has 4 nitrogen and oxygen atoms in total. The van der Waals surface area contributed by atoms with Gasteiger partial charge in [-0.1, -0.05) is 41.5 Å². The van der Waals surface area contributed by atoms with Gasteiger partial charge in [-0.3, -0.25) is 9.59 Å². The highest BCUT2D eigenvalue weighted by Crippen LogP contribution is 2.39. The Morgan fingerprint density at radius 2 is 1.48 bits per heavy atom. The van der Waals surface area contributed by atoms with Crippen LogP contribution in [0.25, 0.3) is 0 Å². The minimum Gasteiger partial charge on any atom is -0.507 e. The molecular formula is C20H29ClO4. The largest absolute Gasteiger partial charge is 0.507 e. The number of carbonyl (C=O) groups excluding carboxylic acids is 2. The lowest BCUT2D eigenvalue weighted by molar-refractivity contribution is -0.145. The number of esters is 1. The number of halogens is 1. The van der Waals surface area contributed by atoms with E-state index in [1.54, 1.807) is 0 Å². The summed E-state index contributed by atoms with van der Waals surface area (Å²) < 4.78 is 5.31. The van der Waals surface area contributed by atoms with Crippen molar-refractivity contribution in [1.29, 1.82) is 0 Å². The topological polar surface area (TPSA) is 63.6 Å². The van der Waals surface area contributed by atoms with E-state index in [-0.39, 0.29) is 36.2 Å². The van der Waals surface area contributed by atoms with Crippen molar-refractivity contribution in [3.8, 4) is 5.75 Å². The molecule has 1 rings (SSSR count). The maximum Gasteiger partial charge on any atom is 0.306 e. The van der Waals surface area contributed by atoms with Crippen LogP contribution < -0.4 is 0 Å². The van der Waals surface area contributed by atoms with Crippen LogP contribution in [-0.2, 0) is 31.8 Å². The lowest BCUT2D eigenvalue weighted by Gasteiger charge is -2.28. The van der Waals surface area contributed by atoms with E-state index in [0.29, 0.717) is 12.2 Å². The van der Waals surface area contributed by atoms with Crippen LogP contribution in [0.15, 0.2) is 12.1 Å². The van der Waals surface area contributed by atoms with Crippen molar-refractivity contribution < 1.29 is 19.4 Å². The molecule has 5 heteroatoms. The highest BCUT2D eigenvalue weighted by Gasteiger charge is 2.26. The van der Waals surface area contributed by atoms with Crippen molar-refractivity contribution in [2.75, 3.05) is 0 Å². The molecule has 0 fully saturated rings. The summed E-state index contributed by atoms with van der Waals surface area (Å²) in [6.07, 6.45) is 0.713. The molecule has 0 heterocycles. The van der Waals surface area contributed by atoms with E-state index in [1.807, 2.05) is 53.7 Å². The Morgan fingerprint density at radius 3 is 1.88 bits per heavy atom. The van der Waals surface area contributed by atoms with Gasteiger partial charge in [-0.25, -0.2) is 0 Å². The van der Waals surface area contributed by atoms with Gasteiger partial charge in [0.15, 0.2) is 0 Å². The van der Waals surface area contributed by atoms with Gasteiger partial charge >= 0.3 is 5.97 Å². The molecule has 0 aliphatic carbocycles. The summed E-state index contributed by atoms with van der Waals surface area (Å²) in [7, 11) is 0. The number of ether oxygens (including phenoxy) is 1. The molecule has 1 aromatic rings. The molecule has 0 spiro atoms. The summed E-state index contributed by atoms with van der Waals surface area (Å²) in [4.78, 5) is 22.5. The molecule has 140 valence electrons. The Balaban J connectivity index is 2.96. The molecule has 0 radical (unpaired) electrons. The quantitative estimate of drug-likeness (QED) is 0.569. The first-order valence-electron chi connectivity index (χ1n) is 8.53. The van der Waals surface area contributed by atoms with Gasteiger partial charge in [0, 0.05) is 12.8 Å². The summed E-state index contributed by atoms with van der Waals surface area (Å²) in [6, 6.07) is 3.78. The Kier molecular flexibility index (Phi) is 7.07. The van der Waals surface area contributed by atoms with Crippen molar-refractivity contribution in [3.05, 3.63) is 28.8 Å². The molecule has 0 bridgehead atoms. The lowest BCUT2D eigenvalue weighted by atomic mass is 9.78. The molecule has 0 atom stereocenters. The van der Waals surface area contributed by atoms with Crippen molar-refractivity contribution in [2.45, 2.75) is 78.2 Å². The van der Waals surface area contributed by atoms with E-state index in [1.165, 1.54) is 0 Å². The highest BCUT2D eigenvalue weighted by molar-refractivity contribution is 6.63. The number of hydrogen-bond acceptors (Lipinski definition) is 4. The van der Waals surface area contributed by atoms with Gasteiger partial charge in [0.2, 0.25) is 5.24 Å². The molecule has 0 amide bonds. The first-order valence-corrected chi connectivity index (χ1v) is 8.91. The second kappa shape index (κ2) is 8.22. The second-order valence-corrected chi connectivity index (χ2v) is 8.83. The van der Waals surface area contributed by atoms with Crippen LogP contribution in [0, 0.1) is 0 Å². The fourth-order valence-corrected chi connectivity index (χ4v) is 2.66. The number of benzene rings is 1. The van der Waals surface area contributed by atoms with Crippen LogP contribution in [-0.4, -0.2) is 16.3 Å². The van der Waals surface area contributed by atoms with E-state index in [4.69, 9.17) is 16.3 Å². The van der Waals surface area contributed by atoms with E-state index in [9.17, 15) is 14.7 Å². The second-order valence-electron chi connectivity index (χ2n) is 8.41. The molecule has 1 N–H and O–H groups in total. The molecule has 0 saturated carbocycles. The van der Waals surface area contributed by atoms with Gasteiger partial charge in [0.25, 0.3) is 0 Å². The van der Waals surface area contributed by atoms with Crippen LogP contribution in [0.3, 0.4) is 0 Å². The first-order chi connectivity index (χ1) is 11.3. The third kappa shape index (κ3) is 6.69. The molecular weight excluding hydrogens is 340 g/mol. The molecule has 0 unspecified atom stereocenters. The number of phenols is 1. The fourth-order valence-electron chi connectivity index (χ4n) is 2.53. The summed E-state index contributed by atoms with van der Waals surface area (Å²) in [5.74, 6) is -0.0590. The average molecular weight is 369 g/mol. The number of aromatic hydroxyl groups is 1. The summed E-state index contributed by atoms with van der Waals surface area (Å²) in [5, 5.41) is 10.2. The Hall–Kier alpha value is -1.55. The van der Waals surface area contributed by atoms with E-state index >= 15 is 0 Å². The van der Waals surface area contributed by atoms with Crippen LogP contribution in [0.1, 0.15) is 77.5 Å². The Labute approximate surface area is 155 Å². The number of hydrogen-bond donors (Lipinski definition) is 1. The molecule has 0 aromatic heterocycles. The van der Waals surface area contributed by atoms with Crippen molar-refractivity contribution in [3.63, 3.8) is 0 Å². The van der Waals surface area contributed by atoms with Crippen LogP contribution in [0.4, 0.5) is 0 Å². The third-order valence-corrected chi connectivity index (χ3v) is 4.13. The Morgan fingerprint density at radius 1 is 1.00 bits per heavy atom. The zero-order valence-corrected chi connectivity index (χ0v) is 16.8. The van der Waals surface area contributed by atoms with E-state index < -0.39 is 5.24 Å². The molecule has 25 heavy (non-hydrogen) atoms. The number of rotatable bonds is 6. The summed E-state index contributed by atoms with van der Waals surface area (Å²) >= 11 is 5.25. The summed E-state index contributed by atoms with van der Waals surface area (Å²) in [5.41, 5.74) is 2.04.